The van der Waals surface area contributed by atoms with Gasteiger partial charge in [-0.15, -0.1) is 0 Å². The predicted octanol–water partition coefficient (Wildman–Crippen LogP) is 2.10. The summed E-state index contributed by atoms with van der Waals surface area (Å²) in [5, 5.41) is 10.2. The minimum atomic E-state index is -0.368. The topological polar surface area (TPSA) is 66.0 Å². The minimum Gasteiger partial charge on any atom is -0.493 e. The summed E-state index contributed by atoms with van der Waals surface area (Å²) in [6.45, 7) is 1.60. The number of H-pyrrole nitrogens is 1. The second-order valence-corrected chi connectivity index (χ2v) is 3.79. The highest BCUT2D eigenvalue weighted by molar-refractivity contribution is 6.30. The van der Waals surface area contributed by atoms with Crippen LogP contribution in [0.5, 0.6) is 5.88 Å². The van der Waals surface area contributed by atoms with Gasteiger partial charge in [0, 0.05) is 5.02 Å². The zero-order valence-electron chi connectivity index (χ0n) is 8.49. The lowest BCUT2D eigenvalue weighted by molar-refractivity contribution is 0.451. The zero-order chi connectivity index (χ0) is 11.7. The van der Waals surface area contributed by atoms with Crippen LogP contribution in [0.4, 0.5) is 0 Å². The average Bonchev–Trinajstić information content (AvgIpc) is 2.19. The standard InChI is InChI=1S/C11H9ClN2O2/c1-6-13-10(15)9(11(16)14-6)7-2-4-8(12)5-3-7/h2-5H,1H3,(H2,13,14,15,16). The summed E-state index contributed by atoms with van der Waals surface area (Å²) in [7, 11) is 0. The Balaban J connectivity index is 2.65. The number of rotatable bonds is 1. The van der Waals surface area contributed by atoms with Crippen LogP contribution in [0.25, 0.3) is 11.1 Å². The van der Waals surface area contributed by atoms with Crippen LogP contribution < -0.4 is 5.56 Å². The van der Waals surface area contributed by atoms with Gasteiger partial charge in [0.2, 0.25) is 5.88 Å². The van der Waals surface area contributed by atoms with Crippen molar-refractivity contribution >= 4 is 11.6 Å². The lowest BCUT2D eigenvalue weighted by Crippen LogP contribution is -2.12. The van der Waals surface area contributed by atoms with E-state index in [4.69, 9.17) is 11.6 Å². The highest BCUT2D eigenvalue weighted by Gasteiger charge is 2.11. The van der Waals surface area contributed by atoms with Crippen LogP contribution in [-0.2, 0) is 0 Å². The van der Waals surface area contributed by atoms with Crippen molar-refractivity contribution in [2.45, 2.75) is 6.92 Å². The van der Waals surface area contributed by atoms with Crippen LogP contribution >= 0.6 is 11.6 Å². The molecule has 0 aliphatic carbocycles. The highest BCUT2D eigenvalue weighted by Crippen LogP contribution is 2.24. The second kappa shape index (κ2) is 3.98. The Morgan fingerprint density at radius 2 is 1.94 bits per heavy atom. The smallest absolute Gasteiger partial charge is 0.262 e. The van der Waals surface area contributed by atoms with E-state index in [1.165, 1.54) is 0 Å². The van der Waals surface area contributed by atoms with Gasteiger partial charge in [0.15, 0.2) is 0 Å². The summed E-state index contributed by atoms with van der Waals surface area (Å²) in [5.41, 5.74) is 0.366. The maximum absolute atomic E-state index is 11.7. The van der Waals surface area contributed by atoms with Gasteiger partial charge in [0.05, 0.1) is 0 Å². The van der Waals surface area contributed by atoms with Crippen molar-refractivity contribution in [3.63, 3.8) is 0 Å². The first-order valence-electron chi connectivity index (χ1n) is 4.64. The van der Waals surface area contributed by atoms with Crippen LogP contribution in [0, 0.1) is 6.92 Å². The molecule has 2 rings (SSSR count). The quantitative estimate of drug-likeness (QED) is 0.797. The molecule has 0 bridgehead atoms. The Morgan fingerprint density at radius 1 is 1.31 bits per heavy atom. The molecule has 4 nitrogen and oxygen atoms in total. The molecule has 1 aromatic carbocycles. The van der Waals surface area contributed by atoms with Crippen LogP contribution in [0.3, 0.4) is 0 Å². The molecule has 0 aliphatic rings. The third-order valence-corrected chi connectivity index (χ3v) is 2.40. The summed E-state index contributed by atoms with van der Waals surface area (Å²) >= 11 is 5.74. The lowest BCUT2D eigenvalue weighted by atomic mass is 10.1. The normalized spacial score (nSPS) is 10.4. The number of benzene rings is 1. The van der Waals surface area contributed by atoms with Gasteiger partial charge in [0.1, 0.15) is 11.4 Å². The number of nitrogens with one attached hydrogen (secondary N) is 1. The van der Waals surface area contributed by atoms with Crippen LogP contribution in [-0.4, -0.2) is 15.1 Å². The number of aromatic hydroxyl groups is 1. The maximum atomic E-state index is 11.7. The molecule has 0 saturated heterocycles. The van der Waals surface area contributed by atoms with Gasteiger partial charge in [0.25, 0.3) is 5.56 Å². The number of halogens is 1. The molecule has 0 spiro atoms. The molecule has 0 aliphatic heterocycles. The van der Waals surface area contributed by atoms with E-state index in [1.54, 1.807) is 31.2 Å². The van der Waals surface area contributed by atoms with E-state index in [0.29, 0.717) is 16.4 Å². The Kier molecular flexibility index (Phi) is 2.66. The fraction of sp³-hybridized carbons (Fsp3) is 0.0909. The van der Waals surface area contributed by atoms with Gasteiger partial charge < -0.3 is 10.1 Å². The number of aryl methyl sites for hydroxylation is 1. The molecule has 2 aromatic rings. The molecule has 2 N–H and O–H groups in total. The van der Waals surface area contributed by atoms with E-state index < -0.39 is 0 Å². The first-order chi connectivity index (χ1) is 7.58. The van der Waals surface area contributed by atoms with Gasteiger partial charge in [-0.3, -0.25) is 4.79 Å². The Morgan fingerprint density at radius 3 is 2.50 bits per heavy atom. The average molecular weight is 237 g/mol. The van der Waals surface area contributed by atoms with E-state index in [2.05, 4.69) is 9.97 Å². The van der Waals surface area contributed by atoms with Crippen molar-refractivity contribution in [1.29, 1.82) is 0 Å². The Labute approximate surface area is 96.6 Å². The molecular weight excluding hydrogens is 228 g/mol. The molecule has 0 radical (unpaired) electrons. The van der Waals surface area contributed by atoms with Gasteiger partial charge in [-0.2, -0.15) is 0 Å². The molecule has 0 atom stereocenters. The second-order valence-electron chi connectivity index (χ2n) is 3.36. The summed E-state index contributed by atoms with van der Waals surface area (Å²) in [6.07, 6.45) is 0. The Hall–Kier alpha value is -1.81. The first kappa shape index (κ1) is 10.7. The van der Waals surface area contributed by atoms with Crippen LogP contribution in [0.1, 0.15) is 5.82 Å². The Bertz CT molecular complexity index is 576. The lowest BCUT2D eigenvalue weighted by Gasteiger charge is -2.03. The minimum absolute atomic E-state index is 0.155. The maximum Gasteiger partial charge on any atom is 0.262 e. The van der Waals surface area contributed by atoms with Crippen molar-refractivity contribution < 1.29 is 5.11 Å². The van der Waals surface area contributed by atoms with Gasteiger partial charge in [-0.1, -0.05) is 23.7 Å². The predicted molar refractivity (Wildman–Crippen MR) is 61.7 cm³/mol. The summed E-state index contributed by atoms with van der Waals surface area (Å²) in [6, 6.07) is 6.61. The van der Waals surface area contributed by atoms with Crippen molar-refractivity contribution in [3.05, 3.63) is 45.5 Å². The number of aromatic nitrogens is 2. The van der Waals surface area contributed by atoms with Crippen LogP contribution in [0.2, 0.25) is 5.02 Å². The third kappa shape index (κ3) is 1.92. The molecule has 0 fully saturated rings. The number of aromatic amines is 1. The fourth-order valence-corrected chi connectivity index (χ4v) is 1.57. The van der Waals surface area contributed by atoms with Gasteiger partial charge in [-0.05, 0) is 24.6 Å². The summed E-state index contributed by atoms with van der Waals surface area (Å²) < 4.78 is 0. The molecule has 0 unspecified atom stereocenters. The summed E-state index contributed by atoms with van der Waals surface area (Å²) in [5.74, 6) is 0.101. The molecule has 16 heavy (non-hydrogen) atoms. The number of nitrogens with zero attached hydrogens (tertiary/aromatic N) is 1. The number of hydrogen-bond acceptors (Lipinski definition) is 3. The molecule has 82 valence electrons. The molecule has 0 amide bonds. The first-order valence-corrected chi connectivity index (χ1v) is 5.01. The SMILES string of the molecule is Cc1nc(O)c(-c2ccc(Cl)cc2)c(=O)[nH]1. The van der Waals surface area contributed by atoms with E-state index in [-0.39, 0.29) is 17.0 Å². The fourth-order valence-electron chi connectivity index (χ4n) is 1.45. The van der Waals surface area contributed by atoms with E-state index >= 15 is 0 Å². The van der Waals surface area contributed by atoms with E-state index in [0.717, 1.165) is 0 Å². The van der Waals surface area contributed by atoms with E-state index in [9.17, 15) is 9.90 Å². The van der Waals surface area contributed by atoms with Crippen molar-refractivity contribution in [2.24, 2.45) is 0 Å². The molecular formula is C11H9ClN2O2. The largest absolute Gasteiger partial charge is 0.493 e. The van der Waals surface area contributed by atoms with Crippen molar-refractivity contribution in [2.75, 3.05) is 0 Å². The monoisotopic (exact) mass is 236 g/mol. The van der Waals surface area contributed by atoms with E-state index in [1.807, 2.05) is 0 Å². The van der Waals surface area contributed by atoms with Crippen molar-refractivity contribution in [1.82, 2.24) is 9.97 Å². The third-order valence-electron chi connectivity index (χ3n) is 2.15. The van der Waals surface area contributed by atoms with Gasteiger partial charge >= 0.3 is 0 Å². The van der Waals surface area contributed by atoms with Crippen LogP contribution in [0.15, 0.2) is 29.1 Å². The molecule has 1 aromatic heterocycles. The molecule has 5 heteroatoms. The summed E-state index contributed by atoms with van der Waals surface area (Å²) in [4.78, 5) is 18.0. The molecule has 1 heterocycles. The molecule has 0 saturated carbocycles. The van der Waals surface area contributed by atoms with Crippen molar-refractivity contribution in [3.8, 4) is 17.0 Å². The zero-order valence-corrected chi connectivity index (χ0v) is 9.25. The van der Waals surface area contributed by atoms with Gasteiger partial charge in [-0.25, -0.2) is 4.98 Å². The number of hydrogen-bond donors (Lipinski definition) is 2. The highest BCUT2D eigenvalue weighted by atomic mass is 35.5.